The second-order valence-electron chi connectivity index (χ2n) is 3.67. The molecule has 2 aromatic carbocycles. The van der Waals surface area contributed by atoms with E-state index >= 15 is 0 Å². The maximum Gasteiger partial charge on any atom is 0.272 e. The molecule has 0 aliphatic rings. The van der Waals surface area contributed by atoms with Crippen LogP contribution in [-0.4, -0.2) is 4.92 Å². The highest BCUT2D eigenvalue weighted by atomic mass is 35.5. The van der Waals surface area contributed by atoms with Gasteiger partial charge in [0.05, 0.1) is 26.1 Å². The summed E-state index contributed by atoms with van der Waals surface area (Å²) in [6.45, 7) is 0. The molecule has 0 heterocycles. The van der Waals surface area contributed by atoms with E-state index in [1.807, 2.05) is 0 Å². The first-order valence-electron chi connectivity index (χ1n) is 4.99. The lowest BCUT2D eigenvalue weighted by Crippen LogP contribution is -1.92. The zero-order valence-corrected chi connectivity index (χ0v) is 11.4. The van der Waals surface area contributed by atoms with Crippen molar-refractivity contribution >= 4 is 40.5 Å². The Morgan fingerprint density at radius 1 is 0.947 bits per heavy atom. The maximum atomic E-state index is 13.9. The highest BCUT2D eigenvalue weighted by Gasteiger charge is 2.15. The first kappa shape index (κ1) is 14.1. The number of hydrogen-bond acceptors (Lipinski definition) is 2. The van der Waals surface area contributed by atoms with Gasteiger partial charge in [-0.25, -0.2) is 4.39 Å². The van der Waals surface area contributed by atoms with Crippen LogP contribution in [0.15, 0.2) is 30.3 Å². The van der Waals surface area contributed by atoms with Crippen LogP contribution in [0.1, 0.15) is 0 Å². The van der Waals surface area contributed by atoms with E-state index in [1.165, 1.54) is 24.3 Å². The molecular formula is C12H5Cl3FNO2. The largest absolute Gasteiger partial charge is 0.272 e. The van der Waals surface area contributed by atoms with E-state index in [9.17, 15) is 14.5 Å². The average Bonchev–Trinajstić information content (AvgIpc) is 2.34. The Morgan fingerprint density at radius 3 is 2.16 bits per heavy atom. The number of hydrogen-bond donors (Lipinski definition) is 0. The summed E-state index contributed by atoms with van der Waals surface area (Å²) in [6.07, 6.45) is 0. The minimum absolute atomic E-state index is 0.120. The number of nitro groups is 1. The molecule has 3 nitrogen and oxygen atoms in total. The highest BCUT2D eigenvalue weighted by Crippen LogP contribution is 2.37. The van der Waals surface area contributed by atoms with Crippen molar-refractivity contribution in [2.24, 2.45) is 0 Å². The standard InChI is InChI=1S/C12H5Cl3FNO2/c13-9-5-11(15)10(14)4-8(9)7-2-1-6(17(18)19)3-12(7)16/h1-5H. The molecule has 0 aliphatic heterocycles. The lowest BCUT2D eigenvalue weighted by Gasteiger charge is -2.07. The van der Waals surface area contributed by atoms with Gasteiger partial charge in [0.25, 0.3) is 5.69 Å². The summed E-state index contributed by atoms with van der Waals surface area (Å²) in [4.78, 5) is 9.86. The highest BCUT2D eigenvalue weighted by molar-refractivity contribution is 6.44. The third-order valence-corrected chi connectivity index (χ3v) is 3.50. The first-order valence-corrected chi connectivity index (χ1v) is 6.12. The smallest absolute Gasteiger partial charge is 0.258 e. The van der Waals surface area contributed by atoms with Crippen molar-refractivity contribution in [3.63, 3.8) is 0 Å². The molecule has 0 fully saturated rings. The third-order valence-electron chi connectivity index (χ3n) is 2.46. The van der Waals surface area contributed by atoms with Gasteiger partial charge >= 0.3 is 0 Å². The summed E-state index contributed by atoms with van der Waals surface area (Å²) >= 11 is 17.6. The van der Waals surface area contributed by atoms with Crippen LogP contribution in [0, 0.1) is 15.9 Å². The summed E-state index contributed by atoms with van der Waals surface area (Å²) in [5.41, 5.74) is 0.107. The van der Waals surface area contributed by atoms with Crippen molar-refractivity contribution in [1.82, 2.24) is 0 Å². The maximum absolute atomic E-state index is 13.9. The van der Waals surface area contributed by atoms with Crippen molar-refractivity contribution in [1.29, 1.82) is 0 Å². The van der Waals surface area contributed by atoms with E-state index in [0.29, 0.717) is 5.56 Å². The number of non-ortho nitro benzene ring substituents is 1. The summed E-state index contributed by atoms with van der Waals surface area (Å²) in [7, 11) is 0. The summed E-state index contributed by atoms with van der Waals surface area (Å²) in [5.74, 6) is -0.755. The van der Waals surface area contributed by atoms with Crippen LogP contribution in [0.5, 0.6) is 0 Å². The molecule has 0 atom stereocenters. The van der Waals surface area contributed by atoms with Crippen molar-refractivity contribution in [3.05, 3.63) is 61.3 Å². The summed E-state index contributed by atoms with van der Waals surface area (Å²) < 4.78 is 13.9. The molecule has 2 rings (SSSR count). The van der Waals surface area contributed by atoms with Gasteiger partial charge in [-0.15, -0.1) is 0 Å². The number of rotatable bonds is 2. The van der Waals surface area contributed by atoms with E-state index in [2.05, 4.69) is 0 Å². The van der Waals surface area contributed by atoms with Gasteiger partial charge in [-0.05, 0) is 18.2 Å². The van der Waals surface area contributed by atoms with Crippen molar-refractivity contribution in [2.75, 3.05) is 0 Å². The Bertz CT molecular complexity index is 676. The number of halogens is 4. The topological polar surface area (TPSA) is 43.1 Å². The van der Waals surface area contributed by atoms with Crippen LogP contribution in [0.25, 0.3) is 11.1 Å². The van der Waals surface area contributed by atoms with Crippen LogP contribution >= 0.6 is 34.8 Å². The fraction of sp³-hybridized carbons (Fsp3) is 0. The molecule has 0 radical (unpaired) electrons. The van der Waals surface area contributed by atoms with Gasteiger partial charge in [0.15, 0.2) is 0 Å². The van der Waals surface area contributed by atoms with Crippen LogP contribution in [0.4, 0.5) is 10.1 Å². The summed E-state index contributed by atoms with van der Waals surface area (Å²) in [5, 5.41) is 11.2. The molecule has 2 aromatic rings. The number of nitro benzene ring substituents is 1. The Hall–Kier alpha value is -1.36. The van der Waals surface area contributed by atoms with Gasteiger partial charge in [-0.2, -0.15) is 0 Å². The minimum atomic E-state index is -0.755. The van der Waals surface area contributed by atoms with Crippen molar-refractivity contribution < 1.29 is 9.31 Å². The third kappa shape index (κ3) is 2.81. The van der Waals surface area contributed by atoms with Gasteiger partial charge in [0.2, 0.25) is 0 Å². The lowest BCUT2D eigenvalue weighted by molar-refractivity contribution is -0.385. The van der Waals surface area contributed by atoms with E-state index in [0.717, 1.165) is 6.07 Å². The second-order valence-corrected chi connectivity index (χ2v) is 4.89. The molecule has 0 spiro atoms. The predicted octanol–water partition coefficient (Wildman–Crippen LogP) is 5.36. The molecule has 0 saturated carbocycles. The monoisotopic (exact) mass is 319 g/mol. The van der Waals surface area contributed by atoms with Gasteiger partial charge < -0.3 is 0 Å². The van der Waals surface area contributed by atoms with Crippen LogP contribution in [0.3, 0.4) is 0 Å². The van der Waals surface area contributed by atoms with Crippen molar-refractivity contribution in [2.45, 2.75) is 0 Å². The van der Waals surface area contributed by atoms with Gasteiger partial charge in [0.1, 0.15) is 5.82 Å². The Morgan fingerprint density at radius 2 is 1.58 bits per heavy atom. The minimum Gasteiger partial charge on any atom is -0.258 e. The molecule has 0 aromatic heterocycles. The van der Waals surface area contributed by atoms with E-state index in [1.54, 1.807) is 0 Å². The van der Waals surface area contributed by atoms with Gasteiger partial charge in [-0.3, -0.25) is 10.1 Å². The number of nitrogens with zero attached hydrogens (tertiary/aromatic N) is 1. The zero-order chi connectivity index (χ0) is 14.2. The molecule has 0 saturated heterocycles. The van der Waals surface area contributed by atoms with Crippen LogP contribution in [0.2, 0.25) is 15.1 Å². The van der Waals surface area contributed by atoms with E-state index in [-0.39, 0.29) is 26.3 Å². The molecule has 19 heavy (non-hydrogen) atoms. The van der Waals surface area contributed by atoms with Crippen LogP contribution < -0.4 is 0 Å². The fourth-order valence-electron chi connectivity index (χ4n) is 1.56. The van der Waals surface area contributed by atoms with E-state index < -0.39 is 10.7 Å². The Balaban J connectivity index is 2.59. The average molecular weight is 321 g/mol. The lowest BCUT2D eigenvalue weighted by atomic mass is 10.0. The second kappa shape index (κ2) is 5.33. The molecule has 0 N–H and O–H groups in total. The molecule has 0 bridgehead atoms. The molecule has 0 amide bonds. The molecule has 0 unspecified atom stereocenters. The van der Waals surface area contributed by atoms with E-state index in [4.69, 9.17) is 34.8 Å². The number of benzene rings is 2. The normalized spacial score (nSPS) is 10.5. The molecule has 0 aliphatic carbocycles. The van der Waals surface area contributed by atoms with Gasteiger partial charge in [-0.1, -0.05) is 34.8 Å². The molecular weight excluding hydrogens is 315 g/mol. The predicted molar refractivity (Wildman–Crippen MR) is 73.5 cm³/mol. The Labute approximate surface area is 122 Å². The molecule has 7 heteroatoms. The quantitative estimate of drug-likeness (QED) is 0.424. The van der Waals surface area contributed by atoms with Crippen molar-refractivity contribution in [3.8, 4) is 11.1 Å². The first-order chi connectivity index (χ1) is 8.90. The Kier molecular flexibility index (Phi) is 3.94. The SMILES string of the molecule is O=[N+]([O-])c1ccc(-c2cc(Cl)c(Cl)cc2Cl)c(F)c1. The fourth-order valence-corrected chi connectivity index (χ4v) is 2.21. The van der Waals surface area contributed by atoms with Crippen LogP contribution in [-0.2, 0) is 0 Å². The van der Waals surface area contributed by atoms with Gasteiger partial charge in [0, 0.05) is 17.2 Å². The molecule has 98 valence electrons. The zero-order valence-electron chi connectivity index (χ0n) is 9.16. The summed E-state index contributed by atoms with van der Waals surface area (Å²) in [6, 6.07) is 6.10.